The quantitative estimate of drug-likeness (QED) is 0.226. The molecule has 1 aliphatic heterocycles. The topological polar surface area (TPSA) is 59.4 Å². The van der Waals surface area contributed by atoms with Crippen molar-refractivity contribution in [2.45, 2.75) is 25.9 Å². The van der Waals surface area contributed by atoms with Crippen LogP contribution in [-0.4, -0.2) is 39.9 Å². The molecule has 6 nitrogen and oxygen atoms in total. The first kappa shape index (κ1) is 27.3. The highest BCUT2D eigenvalue weighted by Gasteiger charge is 2.32. The summed E-state index contributed by atoms with van der Waals surface area (Å²) in [6.07, 6.45) is 0.0269. The Balaban J connectivity index is 1.42. The van der Waals surface area contributed by atoms with E-state index in [-0.39, 0.29) is 17.6 Å². The van der Waals surface area contributed by atoms with Crippen LogP contribution in [0.3, 0.4) is 0 Å². The number of hydrogen-bond donors (Lipinski definition) is 1. The van der Waals surface area contributed by atoms with Gasteiger partial charge in [0.1, 0.15) is 17.4 Å². The molecule has 0 aliphatic carbocycles. The lowest BCUT2D eigenvalue weighted by Crippen LogP contribution is -2.34. The average Bonchev–Trinajstić information content (AvgIpc) is 3.20. The van der Waals surface area contributed by atoms with Gasteiger partial charge >= 0.3 is 12.4 Å². The van der Waals surface area contributed by atoms with Crippen molar-refractivity contribution in [2.24, 2.45) is 0 Å². The number of nitrogens with zero attached hydrogens (tertiary/aromatic N) is 3. The summed E-state index contributed by atoms with van der Waals surface area (Å²) in [5, 5.41) is 3.27. The standard InChI is InChI=1S/C28H22F6N4O2/c29-19-4-3-18(23(30)13-19)2-1-10-37-11-8-24-22(16-37)21-6-5-20(40-28(32,33)34)14-25(21)38(24)27(39)36-15-17-7-9-35-26(31)12-17/h1-7,9,12-14H,8,10-11,15-16H2,(H,36,39). The number of hydrogen-bond acceptors (Lipinski definition) is 4. The zero-order chi connectivity index (χ0) is 28.4. The second-order valence-electron chi connectivity index (χ2n) is 9.19. The minimum absolute atomic E-state index is 0.0255. The Morgan fingerprint density at radius 2 is 1.90 bits per heavy atom. The first-order valence-corrected chi connectivity index (χ1v) is 12.2. The van der Waals surface area contributed by atoms with Crippen molar-refractivity contribution < 1.29 is 35.9 Å². The Morgan fingerprint density at radius 1 is 1.07 bits per heavy atom. The molecule has 5 rings (SSSR count). The molecule has 40 heavy (non-hydrogen) atoms. The molecule has 0 fully saturated rings. The Bertz CT molecular complexity index is 1600. The van der Waals surface area contributed by atoms with Crippen LogP contribution >= 0.6 is 0 Å². The van der Waals surface area contributed by atoms with Crippen LogP contribution in [0.2, 0.25) is 0 Å². The maximum Gasteiger partial charge on any atom is 0.573 e. The molecule has 0 bridgehead atoms. The number of amides is 1. The highest BCUT2D eigenvalue weighted by atomic mass is 19.4. The molecule has 0 unspecified atom stereocenters. The SMILES string of the molecule is O=C(NCc1ccnc(F)c1)n1c2c(c3ccc(OC(F)(F)F)cc31)CN(CC=Cc1ccc(F)cc1F)CC2. The number of fused-ring (bicyclic) bond motifs is 3. The normalized spacial score (nSPS) is 14.1. The van der Waals surface area contributed by atoms with E-state index >= 15 is 0 Å². The highest BCUT2D eigenvalue weighted by Crippen LogP contribution is 2.34. The van der Waals surface area contributed by atoms with Crippen molar-refractivity contribution >= 4 is 23.0 Å². The second-order valence-corrected chi connectivity index (χ2v) is 9.19. The lowest BCUT2D eigenvalue weighted by atomic mass is 10.0. The zero-order valence-electron chi connectivity index (χ0n) is 20.8. The Hall–Kier alpha value is -4.32. The predicted octanol–water partition coefficient (Wildman–Crippen LogP) is 6.18. The van der Waals surface area contributed by atoms with Crippen LogP contribution < -0.4 is 10.1 Å². The van der Waals surface area contributed by atoms with E-state index in [1.54, 1.807) is 12.2 Å². The highest BCUT2D eigenvalue weighted by molar-refractivity contribution is 5.96. The molecule has 4 aromatic rings. The summed E-state index contributed by atoms with van der Waals surface area (Å²) in [4.78, 5) is 18.8. The molecule has 2 aromatic heterocycles. The second kappa shape index (κ2) is 11.0. The van der Waals surface area contributed by atoms with Crippen molar-refractivity contribution in [3.63, 3.8) is 0 Å². The van der Waals surface area contributed by atoms with Gasteiger partial charge in [-0.1, -0.05) is 12.2 Å². The maximum atomic E-state index is 13.9. The van der Waals surface area contributed by atoms with E-state index in [2.05, 4.69) is 15.0 Å². The molecular formula is C28H22F6N4O2. The van der Waals surface area contributed by atoms with Gasteiger partial charge in [0.2, 0.25) is 5.95 Å². The molecular weight excluding hydrogens is 538 g/mol. The van der Waals surface area contributed by atoms with Crippen molar-refractivity contribution in [1.82, 2.24) is 19.8 Å². The van der Waals surface area contributed by atoms with Crippen LogP contribution in [0.1, 0.15) is 22.4 Å². The summed E-state index contributed by atoms with van der Waals surface area (Å²) in [7, 11) is 0. The summed E-state index contributed by atoms with van der Waals surface area (Å²) in [5.41, 5.74) is 2.31. The fourth-order valence-corrected chi connectivity index (χ4v) is 4.75. The van der Waals surface area contributed by atoms with Crippen LogP contribution in [0.15, 0.2) is 60.8 Å². The van der Waals surface area contributed by atoms with E-state index in [0.717, 1.165) is 23.8 Å². The van der Waals surface area contributed by atoms with Gasteiger partial charge in [0.05, 0.1) is 5.52 Å². The maximum absolute atomic E-state index is 13.9. The molecule has 0 spiro atoms. The van der Waals surface area contributed by atoms with Gasteiger partial charge in [-0.15, -0.1) is 13.2 Å². The lowest BCUT2D eigenvalue weighted by molar-refractivity contribution is -0.274. The Labute approximate surface area is 224 Å². The third-order valence-corrected chi connectivity index (χ3v) is 6.49. The van der Waals surface area contributed by atoms with Crippen molar-refractivity contribution in [1.29, 1.82) is 0 Å². The molecule has 0 radical (unpaired) electrons. The fraction of sp³-hybridized carbons (Fsp3) is 0.214. The van der Waals surface area contributed by atoms with Gasteiger partial charge in [0.15, 0.2) is 0 Å². The number of aromatic nitrogens is 2. The summed E-state index contributed by atoms with van der Waals surface area (Å²) in [6.45, 7) is 1.27. The third-order valence-electron chi connectivity index (χ3n) is 6.49. The molecule has 208 valence electrons. The number of benzene rings is 2. The Morgan fingerprint density at radius 3 is 2.65 bits per heavy atom. The molecule has 0 saturated heterocycles. The average molecular weight is 560 g/mol. The molecule has 3 heterocycles. The monoisotopic (exact) mass is 560 g/mol. The summed E-state index contributed by atoms with van der Waals surface area (Å²) >= 11 is 0. The third kappa shape index (κ3) is 6.12. The summed E-state index contributed by atoms with van der Waals surface area (Å²) < 4.78 is 84.7. The molecule has 1 aliphatic rings. The molecule has 0 atom stereocenters. The van der Waals surface area contributed by atoms with E-state index in [0.29, 0.717) is 42.7 Å². The smallest absolute Gasteiger partial charge is 0.406 e. The van der Waals surface area contributed by atoms with E-state index < -0.39 is 35.7 Å². The molecule has 0 saturated carbocycles. The van der Waals surface area contributed by atoms with E-state index in [1.165, 1.54) is 41.1 Å². The number of halogens is 6. The zero-order valence-corrected chi connectivity index (χ0v) is 20.8. The summed E-state index contributed by atoms with van der Waals surface area (Å²) in [5.74, 6) is -2.53. The van der Waals surface area contributed by atoms with Crippen molar-refractivity contribution in [3.05, 3.63) is 101 Å². The van der Waals surface area contributed by atoms with Crippen LogP contribution in [0, 0.1) is 17.6 Å². The lowest BCUT2D eigenvalue weighted by Gasteiger charge is -2.27. The number of nitrogens with one attached hydrogen (secondary N) is 1. The van der Waals surface area contributed by atoms with Gasteiger partial charge in [-0.2, -0.15) is 4.39 Å². The molecule has 12 heteroatoms. The largest absolute Gasteiger partial charge is 0.573 e. The van der Waals surface area contributed by atoms with Gasteiger partial charge in [0, 0.05) is 67.6 Å². The number of pyridine rings is 1. The molecule has 1 amide bonds. The first-order valence-electron chi connectivity index (χ1n) is 12.2. The minimum atomic E-state index is -4.91. The van der Waals surface area contributed by atoms with Gasteiger partial charge in [-0.25, -0.2) is 18.6 Å². The fourth-order valence-electron chi connectivity index (χ4n) is 4.75. The predicted molar refractivity (Wildman–Crippen MR) is 135 cm³/mol. The van der Waals surface area contributed by atoms with Gasteiger partial charge in [0.25, 0.3) is 0 Å². The van der Waals surface area contributed by atoms with Crippen LogP contribution in [0.25, 0.3) is 17.0 Å². The van der Waals surface area contributed by atoms with E-state index in [1.807, 2.05) is 4.90 Å². The number of ether oxygens (including phenoxy) is 1. The van der Waals surface area contributed by atoms with Crippen LogP contribution in [-0.2, 0) is 19.5 Å². The van der Waals surface area contributed by atoms with Crippen LogP contribution in [0.4, 0.5) is 31.1 Å². The van der Waals surface area contributed by atoms with E-state index in [4.69, 9.17) is 0 Å². The van der Waals surface area contributed by atoms with Crippen molar-refractivity contribution in [2.75, 3.05) is 13.1 Å². The van der Waals surface area contributed by atoms with Gasteiger partial charge in [-0.05, 0) is 47.5 Å². The van der Waals surface area contributed by atoms with Gasteiger partial charge in [-0.3, -0.25) is 9.47 Å². The number of carbonyl (C=O) groups excluding carboxylic acids is 1. The van der Waals surface area contributed by atoms with Crippen LogP contribution in [0.5, 0.6) is 5.75 Å². The molecule has 2 aromatic carbocycles. The van der Waals surface area contributed by atoms with Gasteiger partial charge < -0.3 is 10.1 Å². The number of carbonyl (C=O) groups is 1. The number of alkyl halides is 3. The van der Waals surface area contributed by atoms with E-state index in [9.17, 15) is 31.1 Å². The Kier molecular flexibility index (Phi) is 7.53. The van der Waals surface area contributed by atoms with Crippen molar-refractivity contribution in [3.8, 4) is 5.75 Å². The molecule has 1 N–H and O–H groups in total. The number of rotatable bonds is 6. The minimum Gasteiger partial charge on any atom is -0.406 e. The first-order chi connectivity index (χ1) is 19.1. The summed E-state index contributed by atoms with van der Waals surface area (Å²) in [6, 6.07) is 9.24.